The van der Waals surface area contributed by atoms with Gasteiger partial charge in [-0.25, -0.2) is 29.3 Å². The average molecular weight is 936 g/mol. The van der Waals surface area contributed by atoms with E-state index < -0.39 is 36.4 Å². The molecule has 3 aromatic heterocycles. The highest BCUT2D eigenvalue weighted by Gasteiger charge is 2.43. The summed E-state index contributed by atoms with van der Waals surface area (Å²) in [6.45, 7) is 4.38. The fraction of sp³-hybridized carbons (Fsp3) is 0.333. The number of carbonyl (C=O) groups is 5. The van der Waals surface area contributed by atoms with Gasteiger partial charge in [0.2, 0.25) is 11.8 Å². The molecule has 4 amide bonds. The Labute approximate surface area is 387 Å². The minimum atomic E-state index is -5.08. The Morgan fingerprint density at radius 2 is 1.54 bits per heavy atom. The number of nitrogens with zero attached hydrogens (tertiary/aromatic N) is 5. The molecule has 1 saturated heterocycles. The number of carboxylic acids is 1. The van der Waals surface area contributed by atoms with Gasteiger partial charge >= 0.3 is 24.3 Å². The maximum atomic E-state index is 14.0. The van der Waals surface area contributed by atoms with Gasteiger partial charge in [-0.1, -0.05) is 68.4 Å². The fourth-order valence-corrected chi connectivity index (χ4v) is 8.95. The highest BCUT2D eigenvalue weighted by atomic mass is 19.4. The van der Waals surface area contributed by atoms with Gasteiger partial charge in [0, 0.05) is 41.2 Å². The number of imidazole rings is 2. The van der Waals surface area contributed by atoms with Crippen molar-refractivity contribution in [3.05, 3.63) is 108 Å². The Kier molecular flexibility index (Phi) is 13.2. The van der Waals surface area contributed by atoms with E-state index in [9.17, 15) is 32.3 Å². The van der Waals surface area contributed by atoms with Crippen LogP contribution < -0.4 is 15.5 Å². The van der Waals surface area contributed by atoms with Gasteiger partial charge in [-0.05, 0) is 60.9 Å². The second kappa shape index (κ2) is 19.2. The van der Waals surface area contributed by atoms with Crippen LogP contribution in [0.5, 0.6) is 0 Å². The molecule has 6 aromatic rings. The number of aromatic amines is 2. The van der Waals surface area contributed by atoms with Crippen LogP contribution in [0.2, 0.25) is 0 Å². The van der Waals surface area contributed by atoms with Crippen LogP contribution in [0.3, 0.4) is 0 Å². The summed E-state index contributed by atoms with van der Waals surface area (Å²) in [4.78, 5) is 85.6. The molecule has 4 atom stereocenters. The van der Waals surface area contributed by atoms with Gasteiger partial charge in [0.05, 0.1) is 60.8 Å². The number of alkyl carbamates (subject to hydrolysis) is 2. The molecule has 5 N–H and O–H groups in total. The van der Waals surface area contributed by atoms with Crippen molar-refractivity contribution in [1.82, 2.24) is 40.5 Å². The minimum Gasteiger partial charge on any atom is -0.475 e. The lowest BCUT2D eigenvalue weighted by Gasteiger charge is -2.29. The summed E-state index contributed by atoms with van der Waals surface area (Å²) in [6.07, 6.45) is 0.685. The number of hydrogen-bond donors (Lipinski definition) is 5. The third kappa shape index (κ3) is 9.56. The van der Waals surface area contributed by atoms with Crippen molar-refractivity contribution in [3.63, 3.8) is 0 Å². The zero-order valence-electron chi connectivity index (χ0n) is 37.4. The number of amides is 4. The molecule has 17 nitrogen and oxygen atoms in total. The standard InChI is InChI=1S/C46H47N9O6.C2HF3O2/c1-25(2)39(53-46(59)61-4)44(57)54-20-6-9-37(54)41-47-23-35(50-41)27-12-10-26(11-13-27)32-17-15-29-21-30(16-18-33(29)49-32)36-24-48-42(51-36)38-22-31-8-5-7-28-14-19-34(52-45(58)60-3)43(56)55(38)40(28)31;3-2(4,5)1(6)7/h5,7-8,10-13,15-18,21,23-25,34,37-39H,6,9,14,19-20,22H2,1-4H3,(H,47,50)(H,48,51)(H,52,58)(H,53,59);(H,6,7)/t34-,37-,38-,39-;/m0./s1. The number of likely N-dealkylation sites (tertiary alicyclic amines) is 1. The van der Waals surface area contributed by atoms with Crippen molar-refractivity contribution in [2.24, 2.45) is 5.92 Å². The van der Waals surface area contributed by atoms with Crippen LogP contribution in [0.1, 0.15) is 68.0 Å². The average Bonchev–Trinajstić information content (AvgIpc) is 4.17. The van der Waals surface area contributed by atoms with Crippen LogP contribution >= 0.6 is 0 Å². The number of aryl methyl sites for hydroxylation is 1. The van der Waals surface area contributed by atoms with Crippen molar-refractivity contribution in [3.8, 4) is 33.8 Å². The molecule has 0 unspecified atom stereocenters. The summed E-state index contributed by atoms with van der Waals surface area (Å²) in [6, 6.07) is 22.4. The maximum Gasteiger partial charge on any atom is 0.490 e. The second-order valence-electron chi connectivity index (χ2n) is 17.0. The van der Waals surface area contributed by atoms with Crippen molar-refractivity contribution in [1.29, 1.82) is 0 Å². The number of nitrogens with one attached hydrogen (secondary N) is 4. The van der Waals surface area contributed by atoms with E-state index in [1.165, 1.54) is 14.2 Å². The van der Waals surface area contributed by atoms with Crippen molar-refractivity contribution >= 4 is 46.6 Å². The largest absolute Gasteiger partial charge is 0.490 e. The number of carbonyl (C=O) groups excluding carboxylic acids is 4. The van der Waals surface area contributed by atoms with Gasteiger partial charge in [0.25, 0.3) is 0 Å². The first kappa shape index (κ1) is 46.7. The van der Waals surface area contributed by atoms with Gasteiger partial charge in [0.1, 0.15) is 23.7 Å². The number of fused-ring (bicyclic) bond motifs is 1. The third-order valence-electron chi connectivity index (χ3n) is 12.4. The molecule has 3 aliphatic rings. The quantitative estimate of drug-likeness (QED) is 0.0946. The zero-order chi connectivity index (χ0) is 48.4. The van der Waals surface area contributed by atoms with Crippen LogP contribution in [0.25, 0.3) is 44.7 Å². The Balaban J connectivity index is 0.000000830. The van der Waals surface area contributed by atoms with Crippen molar-refractivity contribution in [2.45, 2.75) is 76.3 Å². The van der Waals surface area contributed by atoms with Gasteiger partial charge in [-0.15, -0.1) is 0 Å². The van der Waals surface area contributed by atoms with Gasteiger partial charge < -0.3 is 40.1 Å². The number of aromatic nitrogens is 5. The number of methoxy groups -OCH3 is 2. The number of hydrogen-bond acceptors (Lipinski definition) is 10. The molecule has 9 rings (SSSR count). The number of halogens is 3. The van der Waals surface area contributed by atoms with Gasteiger partial charge in [-0.2, -0.15) is 13.2 Å². The molecule has 20 heteroatoms. The Morgan fingerprint density at radius 3 is 2.24 bits per heavy atom. The molecule has 68 heavy (non-hydrogen) atoms. The Bertz CT molecular complexity index is 2880. The number of benzene rings is 3. The van der Waals surface area contributed by atoms with Gasteiger partial charge in [0.15, 0.2) is 0 Å². The minimum absolute atomic E-state index is 0.112. The van der Waals surface area contributed by atoms with E-state index in [0.29, 0.717) is 37.5 Å². The lowest BCUT2D eigenvalue weighted by molar-refractivity contribution is -0.192. The normalized spacial score (nSPS) is 18.1. The Hall–Kier alpha value is -7.77. The molecule has 3 aliphatic heterocycles. The molecule has 0 radical (unpaired) electrons. The number of H-pyrrole nitrogens is 2. The summed E-state index contributed by atoms with van der Waals surface area (Å²) in [5, 5.41) is 13.5. The van der Waals surface area contributed by atoms with E-state index >= 15 is 0 Å². The van der Waals surface area contributed by atoms with Crippen LogP contribution in [0.15, 0.2) is 85.2 Å². The number of para-hydroxylation sites is 1. The fourth-order valence-electron chi connectivity index (χ4n) is 8.95. The van der Waals surface area contributed by atoms with E-state index in [-0.39, 0.29) is 29.8 Å². The summed E-state index contributed by atoms with van der Waals surface area (Å²) >= 11 is 0. The van der Waals surface area contributed by atoms with Crippen LogP contribution in [0, 0.1) is 5.92 Å². The molecule has 0 saturated carbocycles. The molecule has 354 valence electrons. The smallest absolute Gasteiger partial charge is 0.475 e. The zero-order valence-corrected chi connectivity index (χ0v) is 37.4. The molecule has 1 fully saturated rings. The first-order valence-corrected chi connectivity index (χ1v) is 21.9. The Morgan fingerprint density at radius 1 is 0.853 bits per heavy atom. The molecule has 0 bridgehead atoms. The molecular weight excluding hydrogens is 888 g/mol. The SMILES string of the molecule is COC(=O)N[C@H]1CCc2cccc3c2N(C1=O)[C@H](c1ncc(-c2ccc4nc(-c5ccc(-c6c[nH]c([C@@H]7CCCN7C(=O)[C@@H](NC(=O)OC)C(C)C)n6)cc5)ccc4c2)[nH]1)C3.O=C(O)C(F)(F)F. The predicted molar refractivity (Wildman–Crippen MR) is 242 cm³/mol. The number of alkyl halides is 3. The number of aliphatic carboxylic acids is 1. The molecular formula is C48H48F3N9O8. The number of carboxylic acid groups (broad SMARTS) is 1. The molecule has 6 heterocycles. The summed E-state index contributed by atoms with van der Waals surface area (Å²) in [5.74, 6) is -1.81. The lowest BCUT2D eigenvalue weighted by atomic mass is 10.0. The number of anilines is 1. The summed E-state index contributed by atoms with van der Waals surface area (Å²) < 4.78 is 41.3. The summed E-state index contributed by atoms with van der Waals surface area (Å²) in [7, 11) is 2.58. The topological polar surface area (TPSA) is 225 Å². The highest BCUT2D eigenvalue weighted by Crippen LogP contribution is 2.45. The molecule has 0 spiro atoms. The van der Waals surface area contributed by atoms with Crippen LogP contribution in [-0.4, -0.2) is 104 Å². The lowest BCUT2D eigenvalue weighted by Crippen LogP contribution is -2.51. The molecule has 0 aliphatic carbocycles. The van der Waals surface area contributed by atoms with Crippen molar-refractivity contribution < 1.29 is 51.7 Å². The number of rotatable bonds is 9. The van der Waals surface area contributed by atoms with E-state index in [1.54, 1.807) is 16.0 Å². The maximum absolute atomic E-state index is 14.0. The molecule has 3 aromatic carbocycles. The van der Waals surface area contributed by atoms with E-state index in [0.717, 1.165) is 74.3 Å². The van der Waals surface area contributed by atoms with Gasteiger partial charge in [-0.3, -0.25) is 14.5 Å². The monoisotopic (exact) mass is 935 g/mol. The van der Waals surface area contributed by atoms with E-state index in [4.69, 9.17) is 34.3 Å². The summed E-state index contributed by atoms with van der Waals surface area (Å²) in [5.41, 5.74) is 9.18. The van der Waals surface area contributed by atoms with Crippen LogP contribution in [0.4, 0.5) is 28.4 Å². The number of pyridine rings is 1. The first-order valence-electron chi connectivity index (χ1n) is 21.9. The highest BCUT2D eigenvalue weighted by molar-refractivity contribution is 6.02. The third-order valence-corrected chi connectivity index (χ3v) is 12.4. The predicted octanol–water partition coefficient (Wildman–Crippen LogP) is 7.66. The number of ether oxygens (including phenoxy) is 2. The van der Waals surface area contributed by atoms with E-state index in [2.05, 4.69) is 38.8 Å². The second-order valence-corrected chi connectivity index (χ2v) is 17.0. The van der Waals surface area contributed by atoms with Crippen LogP contribution in [-0.2, 0) is 36.7 Å². The van der Waals surface area contributed by atoms with Crippen molar-refractivity contribution in [2.75, 3.05) is 25.7 Å². The van der Waals surface area contributed by atoms with E-state index in [1.807, 2.05) is 74.6 Å². The first-order chi connectivity index (χ1) is 32.5.